The van der Waals surface area contributed by atoms with Crippen LogP contribution in [0, 0.1) is 6.92 Å². The summed E-state index contributed by atoms with van der Waals surface area (Å²) in [4.78, 5) is 19.5. The summed E-state index contributed by atoms with van der Waals surface area (Å²) in [6.45, 7) is 2.03. The first-order chi connectivity index (χ1) is 8.16. The Morgan fingerprint density at radius 2 is 2.24 bits per heavy atom. The van der Waals surface area contributed by atoms with Crippen LogP contribution in [0.25, 0.3) is 12.2 Å². The van der Waals surface area contributed by atoms with Crippen molar-refractivity contribution >= 4 is 29.5 Å². The summed E-state index contributed by atoms with van der Waals surface area (Å²) in [5, 5.41) is 10.8. The fourth-order valence-electron chi connectivity index (χ4n) is 1.30. The third-order valence-corrected chi connectivity index (χ3v) is 3.20. The lowest BCUT2D eigenvalue weighted by atomic mass is 10.2. The minimum Gasteiger partial charge on any atom is -0.477 e. The molecule has 0 spiro atoms. The number of aromatic nitrogens is 2. The number of nitrogens with zero attached hydrogens (tertiary/aromatic N) is 2. The number of hydrogen-bond donors (Lipinski definition) is 1. The van der Waals surface area contributed by atoms with Gasteiger partial charge < -0.3 is 5.11 Å². The summed E-state index contributed by atoms with van der Waals surface area (Å²) < 4.78 is 0. The highest BCUT2D eigenvalue weighted by molar-refractivity contribution is 7.11. The molecule has 2 aromatic rings. The second kappa shape index (κ2) is 4.88. The smallest absolute Gasteiger partial charge is 0.354 e. The maximum Gasteiger partial charge on any atom is 0.354 e. The monoisotopic (exact) mass is 246 g/mol. The minimum absolute atomic E-state index is 0.00236. The highest BCUT2D eigenvalue weighted by atomic mass is 32.1. The van der Waals surface area contributed by atoms with Gasteiger partial charge in [0.2, 0.25) is 0 Å². The summed E-state index contributed by atoms with van der Waals surface area (Å²) in [5.41, 5.74) is 1.78. The number of carbonyl (C=O) groups is 1. The van der Waals surface area contributed by atoms with Gasteiger partial charge in [0, 0.05) is 4.88 Å². The van der Waals surface area contributed by atoms with Crippen molar-refractivity contribution in [3.63, 3.8) is 0 Å². The van der Waals surface area contributed by atoms with Crippen molar-refractivity contribution in [3.05, 3.63) is 45.7 Å². The molecule has 0 radical (unpaired) electrons. The first-order valence-corrected chi connectivity index (χ1v) is 5.82. The number of aromatic carboxylic acids is 1. The minimum atomic E-state index is -1.05. The van der Waals surface area contributed by atoms with E-state index in [-0.39, 0.29) is 5.69 Å². The number of thiophene rings is 1. The largest absolute Gasteiger partial charge is 0.477 e. The van der Waals surface area contributed by atoms with Gasteiger partial charge in [-0.05, 0) is 42.2 Å². The van der Waals surface area contributed by atoms with Crippen molar-refractivity contribution in [1.29, 1.82) is 0 Å². The highest BCUT2D eigenvalue weighted by Gasteiger charge is 2.04. The zero-order valence-corrected chi connectivity index (χ0v) is 9.94. The van der Waals surface area contributed by atoms with E-state index >= 15 is 0 Å². The van der Waals surface area contributed by atoms with Gasteiger partial charge in [-0.2, -0.15) is 0 Å². The normalized spacial score (nSPS) is 10.9. The van der Waals surface area contributed by atoms with Gasteiger partial charge in [0.1, 0.15) is 6.33 Å². The average Bonchev–Trinajstić information content (AvgIpc) is 2.72. The summed E-state index contributed by atoms with van der Waals surface area (Å²) in [6.07, 6.45) is 4.96. The molecular formula is C12H10N2O2S. The maximum absolute atomic E-state index is 10.7. The molecule has 2 aromatic heterocycles. The lowest BCUT2D eigenvalue weighted by Gasteiger charge is -1.95. The van der Waals surface area contributed by atoms with E-state index in [9.17, 15) is 4.79 Å². The molecule has 17 heavy (non-hydrogen) atoms. The Bertz CT molecular complexity index is 575. The molecule has 0 atom stereocenters. The fourth-order valence-corrected chi connectivity index (χ4v) is 2.12. The SMILES string of the molecule is Cc1ccsc1/C=C/c1cc(C(=O)O)ncn1. The van der Waals surface area contributed by atoms with Gasteiger partial charge in [-0.1, -0.05) is 0 Å². The molecular weight excluding hydrogens is 236 g/mol. The maximum atomic E-state index is 10.7. The Kier molecular flexibility index (Phi) is 3.30. The molecule has 5 heteroatoms. The van der Waals surface area contributed by atoms with Crippen molar-refractivity contribution in [2.24, 2.45) is 0 Å². The molecule has 0 amide bonds. The molecule has 0 saturated carbocycles. The van der Waals surface area contributed by atoms with E-state index in [1.807, 2.05) is 24.4 Å². The predicted molar refractivity (Wildman–Crippen MR) is 67.0 cm³/mol. The zero-order valence-electron chi connectivity index (χ0n) is 9.12. The second-order valence-electron chi connectivity index (χ2n) is 3.43. The Hall–Kier alpha value is -2.01. The van der Waals surface area contributed by atoms with Gasteiger partial charge in [0.05, 0.1) is 5.69 Å². The number of carboxylic acids is 1. The van der Waals surface area contributed by atoms with Crippen molar-refractivity contribution in [3.8, 4) is 0 Å². The van der Waals surface area contributed by atoms with E-state index in [2.05, 4.69) is 9.97 Å². The van der Waals surface area contributed by atoms with Crippen LogP contribution in [0.5, 0.6) is 0 Å². The van der Waals surface area contributed by atoms with Gasteiger partial charge in [-0.25, -0.2) is 14.8 Å². The van der Waals surface area contributed by atoms with Gasteiger partial charge >= 0.3 is 5.97 Å². The van der Waals surface area contributed by atoms with E-state index in [1.165, 1.54) is 18.0 Å². The summed E-state index contributed by atoms with van der Waals surface area (Å²) in [6, 6.07) is 3.48. The van der Waals surface area contributed by atoms with Crippen LogP contribution < -0.4 is 0 Å². The lowest BCUT2D eigenvalue weighted by molar-refractivity contribution is 0.0690. The van der Waals surface area contributed by atoms with Gasteiger partial charge in [0.15, 0.2) is 5.69 Å². The van der Waals surface area contributed by atoms with E-state index in [0.717, 1.165) is 4.88 Å². The third-order valence-electron chi connectivity index (χ3n) is 2.21. The van der Waals surface area contributed by atoms with Crippen LogP contribution in [-0.4, -0.2) is 21.0 Å². The molecule has 0 aliphatic heterocycles. The third kappa shape index (κ3) is 2.76. The van der Waals surface area contributed by atoms with Crippen molar-refractivity contribution in [1.82, 2.24) is 9.97 Å². The van der Waals surface area contributed by atoms with Crippen LogP contribution in [0.15, 0.2) is 23.8 Å². The molecule has 1 N–H and O–H groups in total. The molecule has 0 aliphatic rings. The van der Waals surface area contributed by atoms with Crippen LogP contribution >= 0.6 is 11.3 Å². The quantitative estimate of drug-likeness (QED) is 0.904. The molecule has 0 fully saturated rings. The standard InChI is InChI=1S/C12H10N2O2S/c1-8-4-5-17-11(8)3-2-9-6-10(12(15)16)14-7-13-9/h2-7H,1H3,(H,15,16)/b3-2+. The summed E-state index contributed by atoms with van der Waals surface area (Å²) in [7, 11) is 0. The molecule has 0 unspecified atom stereocenters. The molecule has 2 heterocycles. The predicted octanol–water partition coefficient (Wildman–Crippen LogP) is 2.72. The van der Waals surface area contributed by atoms with E-state index < -0.39 is 5.97 Å². The fraction of sp³-hybridized carbons (Fsp3) is 0.0833. The van der Waals surface area contributed by atoms with E-state index in [1.54, 1.807) is 17.4 Å². The average molecular weight is 246 g/mol. The van der Waals surface area contributed by atoms with Crippen molar-refractivity contribution < 1.29 is 9.90 Å². The van der Waals surface area contributed by atoms with Gasteiger partial charge in [0.25, 0.3) is 0 Å². The van der Waals surface area contributed by atoms with Crippen LogP contribution in [0.4, 0.5) is 0 Å². The molecule has 2 rings (SSSR count). The molecule has 4 nitrogen and oxygen atoms in total. The molecule has 0 saturated heterocycles. The van der Waals surface area contributed by atoms with E-state index in [4.69, 9.17) is 5.11 Å². The first-order valence-electron chi connectivity index (χ1n) is 4.94. The Labute approximate surface area is 102 Å². The highest BCUT2D eigenvalue weighted by Crippen LogP contribution is 2.18. The van der Waals surface area contributed by atoms with Gasteiger partial charge in [-0.15, -0.1) is 11.3 Å². The second-order valence-corrected chi connectivity index (χ2v) is 4.38. The van der Waals surface area contributed by atoms with Crippen molar-refractivity contribution in [2.75, 3.05) is 0 Å². The van der Waals surface area contributed by atoms with Crippen LogP contribution in [-0.2, 0) is 0 Å². The number of aryl methyl sites for hydroxylation is 1. The van der Waals surface area contributed by atoms with Crippen LogP contribution in [0.2, 0.25) is 0 Å². The van der Waals surface area contributed by atoms with Crippen molar-refractivity contribution in [2.45, 2.75) is 6.92 Å². The van der Waals surface area contributed by atoms with Crippen LogP contribution in [0.1, 0.15) is 26.6 Å². The molecule has 86 valence electrons. The zero-order chi connectivity index (χ0) is 12.3. The number of carboxylic acid groups (broad SMARTS) is 1. The topological polar surface area (TPSA) is 63.1 Å². The Balaban J connectivity index is 2.24. The lowest BCUT2D eigenvalue weighted by Crippen LogP contribution is -2.00. The molecule has 0 aromatic carbocycles. The summed E-state index contributed by atoms with van der Waals surface area (Å²) >= 11 is 1.63. The van der Waals surface area contributed by atoms with Crippen LogP contribution in [0.3, 0.4) is 0 Å². The molecule has 0 bridgehead atoms. The Morgan fingerprint density at radius 1 is 1.41 bits per heavy atom. The summed E-state index contributed by atoms with van der Waals surface area (Å²) in [5.74, 6) is -1.05. The van der Waals surface area contributed by atoms with Gasteiger partial charge in [-0.3, -0.25) is 0 Å². The van der Waals surface area contributed by atoms with E-state index in [0.29, 0.717) is 5.69 Å². The number of rotatable bonds is 3. The molecule has 0 aliphatic carbocycles. The Morgan fingerprint density at radius 3 is 2.88 bits per heavy atom. The first kappa shape index (κ1) is 11.5. The number of hydrogen-bond acceptors (Lipinski definition) is 4.